The van der Waals surface area contributed by atoms with E-state index in [-0.39, 0.29) is 0 Å². The summed E-state index contributed by atoms with van der Waals surface area (Å²) in [6, 6.07) is 7.80. The molecule has 29 heavy (non-hydrogen) atoms. The molecular formula is C25H41BrN2S. The summed E-state index contributed by atoms with van der Waals surface area (Å²) in [4.78, 5) is 0. The first-order valence-electron chi connectivity index (χ1n) is 10.8. The van der Waals surface area contributed by atoms with Crippen LogP contribution in [0.25, 0.3) is 0 Å². The highest BCUT2D eigenvalue weighted by Gasteiger charge is 2.16. The smallest absolute Gasteiger partial charge is 0.0435 e. The predicted molar refractivity (Wildman–Crippen MR) is 140 cm³/mol. The molecular weight excluding hydrogens is 440 g/mol. The molecule has 0 saturated heterocycles. The SMILES string of the molecule is C=CC(SC)C1=CC(Br)=C(CNCCCCC)CC1.CC.Cc1ccccc1N. The topological polar surface area (TPSA) is 38.0 Å². The highest BCUT2D eigenvalue weighted by molar-refractivity contribution is 9.11. The number of aryl methyl sites for hydroxylation is 1. The Morgan fingerprint density at radius 1 is 1.24 bits per heavy atom. The summed E-state index contributed by atoms with van der Waals surface area (Å²) >= 11 is 5.59. The third-order valence-corrected chi connectivity index (χ3v) is 6.48. The minimum absolute atomic E-state index is 0.464. The summed E-state index contributed by atoms with van der Waals surface area (Å²) in [5, 5.41) is 4.01. The molecule has 1 atom stereocenters. The Bertz CT molecular complexity index is 616. The first kappa shape index (κ1) is 28.0. The first-order valence-corrected chi connectivity index (χ1v) is 12.9. The van der Waals surface area contributed by atoms with Gasteiger partial charge in [-0.3, -0.25) is 0 Å². The molecule has 3 N–H and O–H groups in total. The van der Waals surface area contributed by atoms with E-state index in [1.807, 2.05) is 62.9 Å². The molecule has 1 aromatic rings. The number of halogens is 1. The molecule has 2 nitrogen and oxygen atoms in total. The van der Waals surface area contributed by atoms with Crippen LogP contribution in [0.4, 0.5) is 5.69 Å². The largest absolute Gasteiger partial charge is 0.399 e. The first-order chi connectivity index (χ1) is 14.0. The van der Waals surface area contributed by atoms with Crippen LogP contribution in [0.5, 0.6) is 0 Å². The Balaban J connectivity index is 0.000000649. The van der Waals surface area contributed by atoms with Gasteiger partial charge in [-0.25, -0.2) is 0 Å². The summed E-state index contributed by atoms with van der Waals surface area (Å²) in [6.45, 7) is 14.3. The number of allylic oxidation sites excluding steroid dienone is 2. The maximum absolute atomic E-state index is 5.52. The molecule has 1 aromatic carbocycles. The zero-order valence-corrected chi connectivity index (χ0v) is 21.5. The fourth-order valence-electron chi connectivity index (χ4n) is 2.87. The predicted octanol–water partition coefficient (Wildman–Crippen LogP) is 7.66. The lowest BCUT2D eigenvalue weighted by molar-refractivity contribution is 0.630. The number of thioether (sulfide) groups is 1. The molecule has 0 fully saturated rings. The van der Waals surface area contributed by atoms with Crippen LogP contribution in [0.1, 0.15) is 58.4 Å². The molecule has 0 amide bonds. The van der Waals surface area contributed by atoms with Crippen molar-refractivity contribution in [3.8, 4) is 0 Å². The van der Waals surface area contributed by atoms with Crippen molar-refractivity contribution in [2.45, 2.75) is 65.0 Å². The summed E-state index contributed by atoms with van der Waals surface area (Å²) in [6.07, 6.45) is 12.7. The van der Waals surface area contributed by atoms with Crippen LogP contribution >= 0.6 is 27.7 Å². The number of para-hydroxylation sites is 1. The molecule has 1 aliphatic rings. The minimum Gasteiger partial charge on any atom is -0.399 e. The number of rotatable bonds is 9. The van der Waals surface area contributed by atoms with E-state index >= 15 is 0 Å². The molecule has 0 aliphatic heterocycles. The molecule has 1 unspecified atom stereocenters. The summed E-state index contributed by atoms with van der Waals surface area (Å²) in [5.41, 5.74) is 10.5. The van der Waals surface area contributed by atoms with Crippen LogP contribution in [0, 0.1) is 6.92 Å². The third-order valence-electron chi connectivity index (χ3n) is 4.68. The van der Waals surface area contributed by atoms with Gasteiger partial charge in [0.15, 0.2) is 0 Å². The number of hydrogen-bond acceptors (Lipinski definition) is 3. The summed E-state index contributed by atoms with van der Waals surface area (Å²) < 4.78 is 1.28. The lowest BCUT2D eigenvalue weighted by atomic mass is 9.96. The number of nitrogens with two attached hydrogens (primary N) is 1. The fraction of sp³-hybridized carbons (Fsp3) is 0.520. The summed E-state index contributed by atoms with van der Waals surface area (Å²) in [7, 11) is 0. The van der Waals surface area contributed by atoms with Crippen LogP contribution in [-0.2, 0) is 0 Å². The Morgan fingerprint density at radius 2 is 1.93 bits per heavy atom. The van der Waals surface area contributed by atoms with Crippen molar-refractivity contribution in [2.24, 2.45) is 0 Å². The third kappa shape index (κ3) is 11.7. The van der Waals surface area contributed by atoms with Crippen LogP contribution in [-0.4, -0.2) is 24.6 Å². The zero-order chi connectivity index (χ0) is 22.1. The number of nitrogen functional groups attached to an aromatic ring is 1. The van der Waals surface area contributed by atoms with Crippen molar-refractivity contribution >= 4 is 33.4 Å². The molecule has 4 heteroatoms. The van der Waals surface area contributed by atoms with Gasteiger partial charge in [-0.1, -0.05) is 79.4 Å². The maximum Gasteiger partial charge on any atom is 0.0435 e. The molecule has 164 valence electrons. The lowest BCUT2D eigenvalue weighted by Gasteiger charge is -2.21. The van der Waals surface area contributed by atoms with E-state index in [4.69, 9.17) is 5.73 Å². The second kappa shape index (κ2) is 17.9. The van der Waals surface area contributed by atoms with Crippen molar-refractivity contribution in [1.82, 2.24) is 5.32 Å². The van der Waals surface area contributed by atoms with E-state index in [9.17, 15) is 0 Å². The van der Waals surface area contributed by atoms with Crippen LogP contribution in [0.3, 0.4) is 0 Å². The van der Waals surface area contributed by atoms with E-state index in [2.05, 4.69) is 47.1 Å². The molecule has 0 spiro atoms. The van der Waals surface area contributed by atoms with Gasteiger partial charge in [0.05, 0.1) is 0 Å². The van der Waals surface area contributed by atoms with Crippen molar-refractivity contribution < 1.29 is 0 Å². The Hall–Kier alpha value is -0.970. The van der Waals surface area contributed by atoms with Crippen LogP contribution in [0.2, 0.25) is 0 Å². The van der Waals surface area contributed by atoms with Gasteiger partial charge >= 0.3 is 0 Å². The lowest BCUT2D eigenvalue weighted by Crippen LogP contribution is -2.20. The molecule has 1 aliphatic carbocycles. The highest BCUT2D eigenvalue weighted by atomic mass is 79.9. The van der Waals surface area contributed by atoms with E-state index in [1.165, 1.54) is 41.3 Å². The monoisotopic (exact) mass is 480 g/mol. The molecule has 0 radical (unpaired) electrons. The van der Waals surface area contributed by atoms with Gasteiger partial charge in [-0.2, -0.15) is 11.8 Å². The van der Waals surface area contributed by atoms with Crippen molar-refractivity contribution in [3.63, 3.8) is 0 Å². The molecule has 2 rings (SSSR count). The second-order valence-corrected chi connectivity index (χ2v) is 8.64. The standard InChI is InChI=1S/C16H26BrNS.C7H9N.C2H6/c1-4-6-7-10-18-12-14-9-8-13(11-15(14)17)16(5-2)19-3;1-6-4-2-3-5-7(6)8;1-2/h5,11,16,18H,2,4,6-10,12H2,1,3H3;2-5H,8H2,1H3;1-2H3. The van der Waals surface area contributed by atoms with Crippen LogP contribution < -0.4 is 11.1 Å². The van der Waals surface area contributed by atoms with Crippen molar-refractivity contribution in [3.05, 3.63) is 64.2 Å². The van der Waals surface area contributed by atoms with Gasteiger partial charge in [0, 0.05) is 22.0 Å². The van der Waals surface area contributed by atoms with Gasteiger partial charge in [0.1, 0.15) is 0 Å². The molecule has 0 bridgehead atoms. The normalized spacial score (nSPS) is 14.1. The minimum atomic E-state index is 0.464. The second-order valence-electron chi connectivity index (χ2n) is 6.80. The van der Waals surface area contributed by atoms with Gasteiger partial charge in [0.25, 0.3) is 0 Å². The van der Waals surface area contributed by atoms with Gasteiger partial charge in [-0.05, 0) is 62.3 Å². The fourth-order valence-corrected chi connectivity index (χ4v) is 4.19. The van der Waals surface area contributed by atoms with E-state index in [1.54, 1.807) is 0 Å². The molecule has 0 aromatic heterocycles. The van der Waals surface area contributed by atoms with Gasteiger partial charge < -0.3 is 11.1 Å². The van der Waals surface area contributed by atoms with Gasteiger partial charge in [-0.15, -0.1) is 6.58 Å². The number of anilines is 1. The maximum atomic E-state index is 5.52. The highest BCUT2D eigenvalue weighted by Crippen LogP contribution is 2.32. The van der Waals surface area contributed by atoms with E-state index in [0.29, 0.717) is 5.25 Å². The van der Waals surface area contributed by atoms with Gasteiger partial charge in [0.2, 0.25) is 0 Å². The number of benzene rings is 1. The number of nitrogens with one attached hydrogen (secondary N) is 1. The summed E-state index contributed by atoms with van der Waals surface area (Å²) in [5.74, 6) is 0. The van der Waals surface area contributed by atoms with Crippen molar-refractivity contribution in [1.29, 1.82) is 0 Å². The Morgan fingerprint density at radius 3 is 2.41 bits per heavy atom. The van der Waals surface area contributed by atoms with E-state index < -0.39 is 0 Å². The number of unbranched alkanes of at least 4 members (excludes halogenated alkanes) is 2. The molecule has 0 heterocycles. The zero-order valence-electron chi connectivity index (χ0n) is 19.1. The quantitative estimate of drug-likeness (QED) is 0.216. The van der Waals surface area contributed by atoms with E-state index in [0.717, 1.165) is 30.8 Å². The van der Waals surface area contributed by atoms with Crippen molar-refractivity contribution in [2.75, 3.05) is 25.1 Å². The Kier molecular flexibility index (Phi) is 17.3. The molecule has 0 saturated carbocycles. The number of hydrogen-bond donors (Lipinski definition) is 2. The Labute approximate surface area is 192 Å². The average Bonchev–Trinajstić information content (AvgIpc) is 2.74. The average molecular weight is 482 g/mol. The van der Waals surface area contributed by atoms with Crippen LogP contribution in [0.15, 0.2) is 58.6 Å².